The van der Waals surface area contributed by atoms with Gasteiger partial charge in [-0.2, -0.15) is 0 Å². The molecular formula is C21H28N2O4S. The first-order valence-electron chi connectivity index (χ1n) is 9.55. The molecule has 6 nitrogen and oxygen atoms in total. The molecule has 152 valence electrons. The number of rotatable bonds is 8. The molecule has 0 saturated heterocycles. The summed E-state index contributed by atoms with van der Waals surface area (Å²) in [7, 11) is 0. The van der Waals surface area contributed by atoms with Crippen LogP contribution >= 0.6 is 11.3 Å². The summed E-state index contributed by atoms with van der Waals surface area (Å²) in [5.74, 6) is -0.757. The number of ether oxygens (including phenoxy) is 1. The molecule has 0 radical (unpaired) electrons. The van der Waals surface area contributed by atoms with Crippen LogP contribution in [0.15, 0.2) is 17.5 Å². The average Bonchev–Trinajstić information content (AvgIpc) is 3.28. The van der Waals surface area contributed by atoms with Gasteiger partial charge in [0, 0.05) is 24.3 Å². The molecule has 2 heterocycles. The molecule has 0 spiro atoms. The van der Waals surface area contributed by atoms with E-state index < -0.39 is 12.0 Å². The third-order valence-corrected chi connectivity index (χ3v) is 5.84. The van der Waals surface area contributed by atoms with Gasteiger partial charge in [-0.15, -0.1) is 11.3 Å². The average molecular weight is 405 g/mol. The molecule has 2 aromatic heterocycles. The van der Waals surface area contributed by atoms with Crippen LogP contribution in [0.2, 0.25) is 0 Å². The van der Waals surface area contributed by atoms with E-state index >= 15 is 0 Å². The van der Waals surface area contributed by atoms with E-state index in [2.05, 4.69) is 0 Å². The first-order valence-corrected chi connectivity index (χ1v) is 10.4. The first kappa shape index (κ1) is 21.9. The smallest absolute Gasteiger partial charge is 0.355 e. The molecule has 0 bridgehead atoms. The van der Waals surface area contributed by atoms with Crippen molar-refractivity contribution >= 4 is 29.0 Å². The summed E-state index contributed by atoms with van der Waals surface area (Å²) in [5, 5.41) is 1.84. The van der Waals surface area contributed by atoms with E-state index in [-0.39, 0.29) is 18.3 Å². The van der Waals surface area contributed by atoms with Crippen LogP contribution in [0.3, 0.4) is 0 Å². The van der Waals surface area contributed by atoms with E-state index in [1.165, 1.54) is 11.3 Å². The number of ketones is 1. The van der Waals surface area contributed by atoms with Gasteiger partial charge in [0.25, 0.3) is 5.91 Å². The highest BCUT2D eigenvalue weighted by Gasteiger charge is 2.32. The second-order valence-electron chi connectivity index (χ2n) is 6.51. The zero-order chi connectivity index (χ0) is 21.0. The van der Waals surface area contributed by atoms with Crippen molar-refractivity contribution in [3.05, 3.63) is 44.9 Å². The fourth-order valence-corrected chi connectivity index (χ4v) is 4.28. The molecule has 2 rings (SSSR count). The molecule has 1 unspecified atom stereocenters. The van der Waals surface area contributed by atoms with E-state index in [1.54, 1.807) is 31.7 Å². The largest absolute Gasteiger partial charge is 0.461 e. The number of Topliss-reactive ketones (excluding diaryl/α,β-unsaturated/α-hetero) is 1. The predicted octanol–water partition coefficient (Wildman–Crippen LogP) is 4.10. The third-order valence-electron chi connectivity index (χ3n) is 4.98. The number of thiophene rings is 1. The van der Waals surface area contributed by atoms with Crippen molar-refractivity contribution in [3.8, 4) is 0 Å². The lowest BCUT2D eigenvalue weighted by atomic mass is 9.99. The second kappa shape index (κ2) is 9.19. The molecule has 0 saturated carbocycles. The van der Waals surface area contributed by atoms with Gasteiger partial charge >= 0.3 is 5.97 Å². The molecular weight excluding hydrogens is 376 g/mol. The van der Waals surface area contributed by atoms with Gasteiger partial charge in [0.15, 0.2) is 5.78 Å². The van der Waals surface area contributed by atoms with Gasteiger partial charge in [-0.1, -0.05) is 6.07 Å². The number of esters is 1. The number of nitrogens with zero attached hydrogens (tertiary/aromatic N) is 2. The van der Waals surface area contributed by atoms with E-state index in [0.717, 1.165) is 5.69 Å². The molecule has 0 aliphatic heterocycles. The Hall–Kier alpha value is -2.41. The molecule has 0 N–H and O–H groups in total. The number of hydrogen-bond donors (Lipinski definition) is 0. The van der Waals surface area contributed by atoms with Crippen LogP contribution in [0.4, 0.5) is 0 Å². The Morgan fingerprint density at radius 3 is 2.39 bits per heavy atom. The highest BCUT2D eigenvalue weighted by atomic mass is 32.1. The quantitative estimate of drug-likeness (QED) is 0.491. The topological polar surface area (TPSA) is 68.6 Å². The minimum atomic E-state index is -0.639. The number of carbonyl (C=O) groups is 3. The van der Waals surface area contributed by atoms with Crippen LogP contribution in [0.1, 0.15) is 69.5 Å². The minimum Gasteiger partial charge on any atom is -0.461 e. The van der Waals surface area contributed by atoms with Crippen molar-refractivity contribution in [3.63, 3.8) is 0 Å². The maximum atomic E-state index is 13.4. The minimum absolute atomic E-state index is 0.158. The van der Waals surface area contributed by atoms with Crippen molar-refractivity contribution in [2.75, 3.05) is 13.2 Å². The zero-order valence-electron chi connectivity index (χ0n) is 17.4. The van der Waals surface area contributed by atoms with Gasteiger partial charge < -0.3 is 14.2 Å². The van der Waals surface area contributed by atoms with E-state index in [1.807, 2.05) is 36.8 Å². The van der Waals surface area contributed by atoms with Gasteiger partial charge in [0.2, 0.25) is 0 Å². The number of aromatic nitrogens is 1. The summed E-state index contributed by atoms with van der Waals surface area (Å²) >= 11 is 1.36. The Kier molecular flexibility index (Phi) is 7.18. The maximum absolute atomic E-state index is 13.4. The van der Waals surface area contributed by atoms with Crippen molar-refractivity contribution in [2.24, 2.45) is 0 Å². The number of amides is 1. The predicted molar refractivity (Wildman–Crippen MR) is 110 cm³/mol. The molecule has 0 aliphatic rings. The van der Waals surface area contributed by atoms with E-state index in [4.69, 9.17) is 4.74 Å². The normalized spacial score (nSPS) is 11.9. The van der Waals surface area contributed by atoms with Gasteiger partial charge in [-0.25, -0.2) is 4.79 Å². The fourth-order valence-electron chi connectivity index (χ4n) is 3.60. The van der Waals surface area contributed by atoms with Gasteiger partial charge in [0.1, 0.15) is 5.69 Å². The number of carbonyl (C=O) groups excluding carboxylic acids is 3. The Balaban J connectivity index is 2.44. The molecule has 0 fully saturated rings. The first-order chi connectivity index (χ1) is 13.3. The lowest BCUT2D eigenvalue weighted by Crippen LogP contribution is -2.43. The Morgan fingerprint density at radius 2 is 1.89 bits per heavy atom. The van der Waals surface area contributed by atoms with Crippen molar-refractivity contribution < 1.29 is 19.1 Å². The molecule has 1 atom stereocenters. The second-order valence-corrected chi connectivity index (χ2v) is 7.46. The summed E-state index contributed by atoms with van der Waals surface area (Å²) in [6, 6.07) is 2.94. The third kappa shape index (κ3) is 3.90. The zero-order valence-corrected chi connectivity index (χ0v) is 18.2. The molecule has 7 heteroatoms. The lowest BCUT2D eigenvalue weighted by molar-refractivity contribution is 0.0512. The van der Waals surface area contributed by atoms with Crippen molar-refractivity contribution in [1.82, 2.24) is 9.47 Å². The Bertz CT molecular complexity index is 868. The highest BCUT2D eigenvalue weighted by molar-refractivity contribution is 7.12. The van der Waals surface area contributed by atoms with Crippen LogP contribution in [0.25, 0.3) is 0 Å². The summed E-state index contributed by atoms with van der Waals surface area (Å²) < 4.78 is 6.99. The van der Waals surface area contributed by atoms with Crippen LogP contribution in [-0.2, 0) is 11.3 Å². The van der Waals surface area contributed by atoms with E-state index in [0.29, 0.717) is 34.8 Å². The highest BCUT2D eigenvalue weighted by Crippen LogP contribution is 2.26. The summed E-state index contributed by atoms with van der Waals surface area (Å²) in [6.45, 7) is 12.1. The molecule has 28 heavy (non-hydrogen) atoms. The lowest BCUT2D eigenvalue weighted by Gasteiger charge is -2.27. The monoisotopic (exact) mass is 404 g/mol. The standard InChI is InChI=1S/C21H28N2O4S/c1-7-22-14(5)17(13(4)18(22)21(26)27-9-3)19(24)15(6)23(8-2)20(25)16-11-10-12-28-16/h10-12,15H,7-9H2,1-6H3. The summed E-state index contributed by atoms with van der Waals surface area (Å²) in [4.78, 5) is 40.8. The van der Waals surface area contributed by atoms with Crippen molar-refractivity contribution in [1.29, 1.82) is 0 Å². The molecule has 0 aromatic carbocycles. The SMILES string of the molecule is CCOC(=O)c1c(C)c(C(=O)C(C)N(CC)C(=O)c2cccs2)c(C)n1CC. The van der Waals surface area contributed by atoms with Crippen LogP contribution in [0, 0.1) is 13.8 Å². The summed E-state index contributed by atoms with van der Waals surface area (Å²) in [5.41, 5.74) is 2.23. The molecule has 2 aromatic rings. The van der Waals surface area contributed by atoms with Gasteiger partial charge in [-0.3, -0.25) is 9.59 Å². The van der Waals surface area contributed by atoms with Crippen molar-refractivity contribution in [2.45, 2.75) is 54.1 Å². The van der Waals surface area contributed by atoms with Gasteiger partial charge in [-0.05, 0) is 58.6 Å². The molecule has 0 aliphatic carbocycles. The van der Waals surface area contributed by atoms with Crippen LogP contribution in [0.5, 0.6) is 0 Å². The van der Waals surface area contributed by atoms with Gasteiger partial charge in [0.05, 0.1) is 17.5 Å². The van der Waals surface area contributed by atoms with Crippen LogP contribution in [-0.4, -0.2) is 46.3 Å². The summed E-state index contributed by atoms with van der Waals surface area (Å²) in [6.07, 6.45) is 0. The van der Waals surface area contributed by atoms with Crippen LogP contribution < -0.4 is 0 Å². The number of likely N-dealkylation sites (N-methyl/N-ethyl adjacent to an activating group) is 1. The fraction of sp³-hybridized carbons (Fsp3) is 0.476. The maximum Gasteiger partial charge on any atom is 0.355 e. The Labute approximate surface area is 170 Å². The molecule has 1 amide bonds. The number of hydrogen-bond acceptors (Lipinski definition) is 5. The van der Waals surface area contributed by atoms with E-state index in [9.17, 15) is 14.4 Å². The Morgan fingerprint density at radius 1 is 1.21 bits per heavy atom.